The number of benzene rings is 2. The Morgan fingerprint density at radius 3 is 2.40 bits per heavy atom. The molecule has 20 heavy (non-hydrogen) atoms. The Bertz CT molecular complexity index is 556. The number of allylic oxidation sites excluding steroid dienone is 3. The van der Waals surface area contributed by atoms with E-state index in [0.29, 0.717) is 0 Å². The first kappa shape index (κ1) is 13.9. The molecule has 0 aromatic heterocycles. The van der Waals surface area contributed by atoms with Crippen molar-refractivity contribution < 1.29 is 4.74 Å². The van der Waals surface area contributed by atoms with Crippen molar-refractivity contribution >= 4 is 5.69 Å². The second-order valence-corrected chi connectivity index (χ2v) is 4.35. The molecule has 102 valence electrons. The van der Waals surface area contributed by atoms with Gasteiger partial charge in [0, 0.05) is 11.9 Å². The highest BCUT2D eigenvalue weighted by molar-refractivity contribution is 5.48. The molecule has 0 amide bonds. The van der Waals surface area contributed by atoms with E-state index in [1.54, 1.807) is 7.11 Å². The van der Waals surface area contributed by atoms with Gasteiger partial charge in [-0.3, -0.25) is 0 Å². The van der Waals surface area contributed by atoms with E-state index in [9.17, 15) is 0 Å². The lowest BCUT2D eigenvalue weighted by Crippen LogP contribution is -1.87. The van der Waals surface area contributed by atoms with Crippen LogP contribution in [0.2, 0.25) is 0 Å². The summed E-state index contributed by atoms with van der Waals surface area (Å²) in [7, 11) is 1.67. The van der Waals surface area contributed by atoms with Gasteiger partial charge >= 0.3 is 0 Å². The highest BCUT2D eigenvalue weighted by Crippen LogP contribution is 2.14. The van der Waals surface area contributed by atoms with Crippen LogP contribution in [0.25, 0.3) is 0 Å². The van der Waals surface area contributed by atoms with Gasteiger partial charge in [-0.15, -0.1) is 0 Å². The molecular formula is C18H19NO. The van der Waals surface area contributed by atoms with Crippen LogP contribution < -0.4 is 10.1 Å². The van der Waals surface area contributed by atoms with E-state index in [4.69, 9.17) is 4.74 Å². The monoisotopic (exact) mass is 265 g/mol. The molecule has 2 aromatic rings. The average molecular weight is 265 g/mol. The minimum Gasteiger partial charge on any atom is -0.497 e. The summed E-state index contributed by atoms with van der Waals surface area (Å²) in [5.74, 6) is 0.863. The maximum Gasteiger partial charge on any atom is 0.119 e. The summed E-state index contributed by atoms with van der Waals surface area (Å²) < 4.78 is 5.11. The third-order valence-corrected chi connectivity index (χ3v) is 2.88. The molecule has 0 bridgehead atoms. The van der Waals surface area contributed by atoms with Crippen molar-refractivity contribution in [3.05, 3.63) is 84.6 Å². The Balaban J connectivity index is 1.76. The lowest BCUT2D eigenvalue weighted by molar-refractivity contribution is 0.415. The van der Waals surface area contributed by atoms with Crippen molar-refractivity contribution in [2.24, 2.45) is 0 Å². The fraction of sp³-hybridized carbons (Fsp3) is 0.111. The second-order valence-electron chi connectivity index (χ2n) is 4.35. The maximum absolute atomic E-state index is 5.11. The Hall–Kier alpha value is -2.48. The summed E-state index contributed by atoms with van der Waals surface area (Å²) in [5.41, 5.74) is 2.36. The number of methoxy groups -OCH3 is 1. The van der Waals surface area contributed by atoms with Crippen LogP contribution in [-0.4, -0.2) is 7.11 Å². The minimum absolute atomic E-state index is 0.863. The molecule has 2 heteroatoms. The predicted octanol–water partition coefficient (Wildman–Crippen LogP) is 4.42. The molecule has 2 nitrogen and oxygen atoms in total. The molecule has 0 heterocycles. The van der Waals surface area contributed by atoms with Gasteiger partial charge in [0.15, 0.2) is 0 Å². The van der Waals surface area contributed by atoms with Crippen LogP contribution >= 0.6 is 0 Å². The molecule has 0 saturated carbocycles. The summed E-state index contributed by atoms with van der Waals surface area (Å²) in [6, 6.07) is 18.2. The second kappa shape index (κ2) is 7.85. The van der Waals surface area contributed by atoms with Crippen molar-refractivity contribution in [3.8, 4) is 5.75 Å². The molecule has 0 unspecified atom stereocenters. The van der Waals surface area contributed by atoms with Crippen LogP contribution in [-0.2, 0) is 6.42 Å². The molecule has 0 spiro atoms. The van der Waals surface area contributed by atoms with Crippen molar-refractivity contribution in [1.82, 2.24) is 0 Å². The number of anilines is 1. The lowest BCUT2D eigenvalue weighted by Gasteiger charge is -2.02. The highest BCUT2D eigenvalue weighted by Gasteiger charge is 1.90. The van der Waals surface area contributed by atoms with E-state index >= 15 is 0 Å². The van der Waals surface area contributed by atoms with Gasteiger partial charge < -0.3 is 10.1 Å². The maximum atomic E-state index is 5.11. The summed E-state index contributed by atoms with van der Waals surface area (Å²) in [6.45, 7) is 0. The first-order valence-corrected chi connectivity index (χ1v) is 6.64. The Morgan fingerprint density at radius 1 is 0.950 bits per heavy atom. The van der Waals surface area contributed by atoms with E-state index in [0.717, 1.165) is 17.9 Å². The average Bonchev–Trinajstić information content (AvgIpc) is 2.52. The molecule has 0 radical (unpaired) electrons. The third-order valence-electron chi connectivity index (χ3n) is 2.88. The van der Waals surface area contributed by atoms with Gasteiger partial charge in [0.25, 0.3) is 0 Å². The van der Waals surface area contributed by atoms with E-state index in [1.807, 2.05) is 48.7 Å². The number of nitrogens with one attached hydrogen (secondary N) is 1. The molecule has 0 atom stereocenters. The van der Waals surface area contributed by atoms with Gasteiger partial charge in [0.05, 0.1) is 7.11 Å². The largest absolute Gasteiger partial charge is 0.497 e. The first-order valence-electron chi connectivity index (χ1n) is 6.64. The highest BCUT2D eigenvalue weighted by atomic mass is 16.5. The SMILES string of the molecule is COc1ccc(NC=CC=CCc2ccccc2)cc1. The van der Waals surface area contributed by atoms with E-state index in [-0.39, 0.29) is 0 Å². The first-order chi connectivity index (χ1) is 9.88. The molecule has 0 aliphatic carbocycles. The van der Waals surface area contributed by atoms with Crippen molar-refractivity contribution in [2.75, 3.05) is 12.4 Å². The smallest absolute Gasteiger partial charge is 0.119 e. The number of ether oxygens (including phenoxy) is 1. The van der Waals surface area contributed by atoms with Crippen molar-refractivity contribution in [2.45, 2.75) is 6.42 Å². The standard InChI is InChI=1S/C18H19NO/c1-20-18-13-11-17(12-14-18)19-15-7-3-6-10-16-8-4-2-5-9-16/h2-9,11-15,19H,10H2,1H3. The number of hydrogen-bond donors (Lipinski definition) is 1. The van der Waals surface area contributed by atoms with Crippen molar-refractivity contribution in [3.63, 3.8) is 0 Å². The lowest BCUT2D eigenvalue weighted by atomic mass is 10.1. The quantitative estimate of drug-likeness (QED) is 0.781. The third kappa shape index (κ3) is 4.65. The van der Waals surface area contributed by atoms with Crippen molar-refractivity contribution in [1.29, 1.82) is 0 Å². The van der Waals surface area contributed by atoms with Crippen LogP contribution in [0.1, 0.15) is 5.56 Å². The molecular weight excluding hydrogens is 246 g/mol. The predicted molar refractivity (Wildman–Crippen MR) is 85.0 cm³/mol. The van der Waals surface area contributed by atoms with Crippen LogP contribution in [0.5, 0.6) is 5.75 Å². The normalized spacial score (nSPS) is 11.1. The summed E-state index contributed by atoms with van der Waals surface area (Å²) in [6.07, 6.45) is 9.05. The van der Waals surface area contributed by atoms with Crippen LogP contribution in [0.15, 0.2) is 79.0 Å². The van der Waals surface area contributed by atoms with E-state index in [1.165, 1.54) is 5.56 Å². The summed E-state index contributed by atoms with van der Waals surface area (Å²) in [4.78, 5) is 0. The van der Waals surface area contributed by atoms with Gasteiger partial charge in [-0.05, 0) is 42.3 Å². The van der Waals surface area contributed by atoms with E-state index in [2.05, 4.69) is 35.7 Å². The zero-order chi connectivity index (χ0) is 14.0. The zero-order valence-electron chi connectivity index (χ0n) is 11.6. The summed E-state index contributed by atoms with van der Waals surface area (Å²) >= 11 is 0. The molecule has 0 aliphatic heterocycles. The van der Waals surface area contributed by atoms with E-state index < -0.39 is 0 Å². The molecule has 0 saturated heterocycles. The molecule has 2 rings (SSSR count). The van der Waals surface area contributed by atoms with Gasteiger partial charge in [0.2, 0.25) is 0 Å². The Morgan fingerprint density at radius 2 is 1.70 bits per heavy atom. The molecule has 1 N–H and O–H groups in total. The fourth-order valence-corrected chi connectivity index (χ4v) is 1.78. The Labute approximate surface area is 120 Å². The van der Waals surface area contributed by atoms with Crippen LogP contribution in [0.3, 0.4) is 0 Å². The fourth-order valence-electron chi connectivity index (χ4n) is 1.78. The van der Waals surface area contributed by atoms with Gasteiger partial charge in [-0.1, -0.05) is 42.5 Å². The minimum atomic E-state index is 0.863. The molecule has 0 fully saturated rings. The number of hydrogen-bond acceptors (Lipinski definition) is 2. The van der Waals surface area contributed by atoms with Gasteiger partial charge in [0.1, 0.15) is 5.75 Å². The zero-order valence-corrected chi connectivity index (χ0v) is 11.6. The summed E-state index contributed by atoms with van der Waals surface area (Å²) in [5, 5.41) is 3.21. The molecule has 2 aromatic carbocycles. The van der Waals surface area contributed by atoms with Crippen LogP contribution in [0.4, 0.5) is 5.69 Å². The molecule has 0 aliphatic rings. The topological polar surface area (TPSA) is 21.3 Å². The van der Waals surface area contributed by atoms with Gasteiger partial charge in [-0.2, -0.15) is 0 Å². The Kier molecular flexibility index (Phi) is 5.47. The van der Waals surface area contributed by atoms with Crippen LogP contribution in [0, 0.1) is 0 Å². The van der Waals surface area contributed by atoms with Gasteiger partial charge in [-0.25, -0.2) is 0 Å². The number of rotatable bonds is 6.